The van der Waals surface area contributed by atoms with Gasteiger partial charge in [0.2, 0.25) is 0 Å². The number of aliphatic carboxylic acids is 1. The van der Waals surface area contributed by atoms with E-state index in [4.69, 9.17) is 9.72 Å². The first kappa shape index (κ1) is 32.6. The number of aryl methyl sites for hydroxylation is 3. The van der Waals surface area contributed by atoms with Crippen LogP contribution in [-0.2, 0) is 25.8 Å². The number of benzene rings is 2. The lowest BCUT2D eigenvalue weighted by atomic mass is 9.82. The second kappa shape index (κ2) is 12.4. The summed E-state index contributed by atoms with van der Waals surface area (Å²) in [4.78, 5) is 19.9. The number of nitrogens with zero attached hydrogens (tertiary/aromatic N) is 2. The van der Waals surface area contributed by atoms with Crippen LogP contribution in [-0.4, -0.2) is 48.9 Å². The number of ether oxygens (including phenoxy) is 1. The van der Waals surface area contributed by atoms with E-state index >= 15 is 0 Å². The molecule has 0 saturated carbocycles. The van der Waals surface area contributed by atoms with Crippen LogP contribution in [0.15, 0.2) is 53.4 Å². The van der Waals surface area contributed by atoms with Gasteiger partial charge in [-0.15, -0.1) is 0 Å². The topological polar surface area (TPSA) is 96.8 Å². The lowest BCUT2D eigenvalue weighted by Crippen LogP contribution is -2.39. The van der Waals surface area contributed by atoms with Gasteiger partial charge in [-0.25, -0.2) is 17.6 Å². The van der Waals surface area contributed by atoms with Gasteiger partial charge >= 0.3 is 5.97 Å². The number of anilines is 1. The van der Waals surface area contributed by atoms with Crippen molar-refractivity contribution in [2.24, 2.45) is 5.41 Å². The summed E-state index contributed by atoms with van der Waals surface area (Å²) in [5, 5.41) is 10.4. The molecule has 3 aromatic rings. The molecule has 0 radical (unpaired) electrons. The standard InChI is InChI=1S/C34H43FN2O5S/c1-22-28(25-10-14-27(15-11-25)43(40,41)21-16-24-8-12-26(35)13-9-24)30(37-19-17-34(6,7)18-20-37)29(23(2)36-22)31(32(38)39)42-33(3,4)5/h8-15,31H,16-21H2,1-7H3,(H,38,39). The zero-order valence-corrected chi connectivity index (χ0v) is 27.0. The minimum Gasteiger partial charge on any atom is -0.479 e. The first-order chi connectivity index (χ1) is 20.0. The maximum atomic E-state index is 13.3. The lowest BCUT2D eigenvalue weighted by molar-refractivity contribution is -0.160. The molecule has 1 N–H and O–H groups in total. The zero-order chi connectivity index (χ0) is 31.7. The Hall–Kier alpha value is -3.30. The molecule has 1 saturated heterocycles. The van der Waals surface area contributed by atoms with Crippen molar-refractivity contribution in [3.05, 3.63) is 76.9 Å². The number of sulfone groups is 1. The average Bonchev–Trinajstić information content (AvgIpc) is 2.91. The smallest absolute Gasteiger partial charge is 0.337 e. The van der Waals surface area contributed by atoms with Crippen molar-refractivity contribution in [1.82, 2.24) is 4.98 Å². The molecule has 9 heteroatoms. The Morgan fingerprint density at radius 2 is 1.60 bits per heavy atom. The number of carboxylic acid groups (broad SMARTS) is 1. The summed E-state index contributed by atoms with van der Waals surface area (Å²) < 4.78 is 45.8. The summed E-state index contributed by atoms with van der Waals surface area (Å²) in [6.07, 6.45) is 0.919. The monoisotopic (exact) mass is 610 g/mol. The van der Waals surface area contributed by atoms with Gasteiger partial charge in [0.1, 0.15) is 5.82 Å². The summed E-state index contributed by atoms with van der Waals surface area (Å²) in [5.74, 6) is -1.55. The molecule has 2 aromatic carbocycles. The van der Waals surface area contributed by atoms with Gasteiger partial charge < -0.3 is 14.7 Å². The molecule has 0 aliphatic carbocycles. The number of aromatic nitrogens is 1. The van der Waals surface area contributed by atoms with E-state index in [9.17, 15) is 22.7 Å². The molecule has 1 unspecified atom stereocenters. The zero-order valence-electron chi connectivity index (χ0n) is 26.2. The number of hydrogen-bond acceptors (Lipinski definition) is 6. The van der Waals surface area contributed by atoms with Gasteiger partial charge in [-0.1, -0.05) is 38.1 Å². The fourth-order valence-corrected chi connectivity index (χ4v) is 6.90. The molecule has 7 nitrogen and oxygen atoms in total. The van der Waals surface area contributed by atoms with Gasteiger partial charge in [0, 0.05) is 35.6 Å². The third kappa shape index (κ3) is 7.81. The number of pyridine rings is 1. The van der Waals surface area contributed by atoms with E-state index in [0.29, 0.717) is 11.3 Å². The van der Waals surface area contributed by atoms with Crippen LogP contribution in [0.3, 0.4) is 0 Å². The van der Waals surface area contributed by atoms with E-state index in [2.05, 4.69) is 18.7 Å². The summed E-state index contributed by atoms with van der Waals surface area (Å²) in [6.45, 7) is 15.2. The molecule has 0 amide bonds. The van der Waals surface area contributed by atoms with E-state index in [1.807, 2.05) is 34.6 Å². The maximum Gasteiger partial charge on any atom is 0.337 e. The summed E-state index contributed by atoms with van der Waals surface area (Å²) >= 11 is 0. The van der Waals surface area contributed by atoms with Crippen molar-refractivity contribution in [3.63, 3.8) is 0 Å². The van der Waals surface area contributed by atoms with Crippen LogP contribution in [0.25, 0.3) is 11.1 Å². The Morgan fingerprint density at radius 1 is 1.02 bits per heavy atom. The van der Waals surface area contributed by atoms with Crippen molar-refractivity contribution in [2.45, 2.75) is 84.3 Å². The highest BCUT2D eigenvalue weighted by molar-refractivity contribution is 7.91. The lowest BCUT2D eigenvalue weighted by Gasteiger charge is -2.41. The minimum absolute atomic E-state index is 0.105. The van der Waals surface area contributed by atoms with E-state index < -0.39 is 27.5 Å². The van der Waals surface area contributed by atoms with Crippen molar-refractivity contribution in [2.75, 3.05) is 23.7 Å². The first-order valence-corrected chi connectivity index (χ1v) is 16.4. The van der Waals surface area contributed by atoms with Crippen LogP contribution in [0.4, 0.5) is 10.1 Å². The normalized spacial score (nSPS) is 16.2. The predicted octanol–water partition coefficient (Wildman–Crippen LogP) is 7.09. The Kier molecular flexibility index (Phi) is 9.38. The number of piperidine rings is 1. The van der Waals surface area contributed by atoms with Gasteiger partial charge in [0.05, 0.1) is 21.9 Å². The molecule has 1 aliphatic rings. The largest absolute Gasteiger partial charge is 0.479 e. The molecule has 43 heavy (non-hydrogen) atoms. The molecule has 1 aliphatic heterocycles. The highest BCUT2D eigenvalue weighted by Gasteiger charge is 2.36. The van der Waals surface area contributed by atoms with Gasteiger partial charge in [-0.2, -0.15) is 0 Å². The summed E-state index contributed by atoms with van der Waals surface area (Å²) in [5.41, 5.74) is 4.36. The third-order valence-electron chi connectivity index (χ3n) is 8.04. The van der Waals surface area contributed by atoms with Crippen LogP contribution < -0.4 is 4.90 Å². The average molecular weight is 611 g/mol. The van der Waals surface area contributed by atoms with Crippen LogP contribution in [0.2, 0.25) is 0 Å². The second-order valence-corrected chi connectivity index (χ2v) is 15.3. The first-order valence-electron chi connectivity index (χ1n) is 14.7. The Balaban J connectivity index is 1.79. The van der Waals surface area contributed by atoms with E-state index in [-0.39, 0.29) is 28.3 Å². The number of carbonyl (C=O) groups is 1. The van der Waals surface area contributed by atoms with Crippen LogP contribution >= 0.6 is 0 Å². The van der Waals surface area contributed by atoms with Gasteiger partial charge in [0.25, 0.3) is 0 Å². The van der Waals surface area contributed by atoms with Crippen molar-refractivity contribution >= 4 is 21.5 Å². The van der Waals surface area contributed by atoms with E-state index in [1.165, 1.54) is 12.1 Å². The molecule has 0 spiro atoms. The Labute approximate surface area is 255 Å². The van der Waals surface area contributed by atoms with E-state index in [1.54, 1.807) is 36.4 Å². The molecule has 0 bridgehead atoms. The van der Waals surface area contributed by atoms with Crippen LogP contribution in [0.5, 0.6) is 0 Å². The molecular weight excluding hydrogens is 567 g/mol. The highest BCUT2D eigenvalue weighted by atomic mass is 32.2. The Morgan fingerprint density at radius 3 is 2.14 bits per heavy atom. The molecule has 1 fully saturated rings. The van der Waals surface area contributed by atoms with E-state index in [0.717, 1.165) is 54.0 Å². The summed E-state index contributed by atoms with van der Waals surface area (Å²) in [7, 11) is -3.60. The molecule has 1 aromatic heterocycles. The number of rotatable bonds is 9. The maximum absolute atomic E-state index is 13.3. The molecular formula is C34H43FN2O5S. The fraction of sp³-hybridized carbons (Fsp3) is 0.471. The third-order valence-corrected chi connectivity index (χ3v) is 9.78. The Bertz CT molecular complexity index is 1570. The van der Waals surface area contributed by atoms with Crippen LogP contribution in [0.1, 0.15) is 76.1 Å². The van der Waals surface area contributed by atoms with Crippen molar-refractivity contribution in [3.8, 4) is 11.1 Å². The molecule has 4 rings (SSSR count). The minimum atomic E-state index is -3.60. The predicted molar refractivity (Wildman–Crippen MR) is 168 cm³/mol. The molecule has 232 valence electrons. The van der Waals surface area contributed by atoms with Gasteiger partial charge in [0.15, 0.2) is 15.9 Å². The highest BCUT2D eigenvalue weighted by Crippen LogP contribution is 2.45. The summed E-state index contributed by atoms with van der Waals surface area (Å²) in [6, 6.07) is 12.6. The molecule has 2 heterocycles. The molecule has 1 atom stereocenters. The van der Waals surface area contributed by atoms with Crippen molar-refractivity contribution < 1.29 is 27.4 Å². The fourth-order valence-electron chi connectivity index (χ4n) is 5.61. The quantitative estimate of drug-likeness (QED) is 0.276. The van der Waals surface area contributed by atoms with Gasteiger partial charge in [-0.3, -0.25) is 4.98 Å². The van der Waals surface area contributed by atoms with Crippen LogP contribution in [0, 0.1) is 25.1 Å². The number of hydrogen-bond donors (Lipinski definition) is 1. The number of halogens is 1. The van der Waals surface area contributed by atoms with Crippen molar-refractivity contribution in [1.29, 1.82) is 0 Å². The SMILES string of the molecule is Cc1nc(C)c(C(OC(C)(C)C)C(=O)O)c(N2CCC(C)(C)CC2)c1-c1ccc(S(=O)(=O)CCc2ccc(F)cc2)cc1. The second-order valence-electron chi connectivity index (χ2n) is 13.2. The number of carboxylic acids is 1. The van der Waals surface area contributed by atoms with Gasteiger partial charge in [-0.05, 0) is 94.7 Å².